The molecule has 102 valence electrons. The minimum atomic E-state index is -0.366. The van der Waals surface area contributed by atoms with Gasteiger partial charge in [-0.05, 0) is 25.8 Å². The largest absolute Gasteiger partial charge is 0.391 e. The Morgan fingerprint density at radius 1 is 1.61 bits per heavy atom. The van der Waals surface area contributed by atoms with Crippen LogP contribution in [0.2, 0.25) is 0 Å². The normalized spacial score (nSPS) is 17.7. The summed E-state index contributed by atoms with van der Waals surface area (Å²) >= 11 is 1.83. The average Bonchev–Trinajstić information content (AvgIpc) is 2.71. The molecule has 1 unspecified atom stereocenters. The van der Waals surface area contributed by atoms with E-state index < -0.39 is 0 Å². The summed E-state index contributed by atoms with van der Waals surface area (Å²) in [5.74, 6) is 0.729. The van der Waals surface area contributed by atoms with Crippen molar-refractivity contribution in [1.82, 2.24) is 10.3 Å². The fourth-order valence-corrected chi connectivity index (χ4v) is 3.06. The monoisotopic (exact) mass is 270 g/mol. The highest BCUT2D eigenvalue weighted by Gasteiger charge is 2.22. The van der Waals surface area contributed by atoms with Crippen LogP contribution in [0.3, 0.4) is 0 Å². The highest BCUT2D eigenvalue weighted by molar-refractivity contribution is 7.11. The molecule has 4 nitrogen and oxygen atoms in total. The van der Waals surface area contributed by atoms with E-state index in [1.807, 2.05) is 17.5 Å². The maximum Gasteiger partial charge on any atom is 0.0959 e. The molecule has 0 saturated heterocycles. The predicted molar refractivity (Wildman–Crippen MR) is 72.9 cm³/mol. The second kappa shape index (κ2) is 7.19. The number of nitrogens with one attached hydrogen (secondary N) is 1. The van der Waals surface area contributed by atoms with Gasteiger partial charge in [0.1, 0.15) is 0 Å². The number of aliphatic hydroxyl groups excluding tert-OH is 1. The molecule has 1 aromatic heterocycles. The van der Waals surface area contributed by atoms with Crippen molar-refractivity contribution in [1.29, 1.82) is 0 Å². The maximum atomic E-state index is 9.49. The van der Waals surface area contributed by atoms with E-state index in [0.717, 1.165) is 25.4 Å². The van der Waals surface area contributed by atoms with Gasteiger partial charge in [-0.1, -0.05) is 6.42 Å². The van der Waals surface area contributed by atoms with Gasteiger partial charge in [-0.2, -0.15) is 0 Å². The third kappa shape index (κ3) is 4.02. The molecule has 5 heteroatoms. The van der Waals surface area contributed by atoms with Crippen LogP contribution < -0.4 is 5.32 Å². The SMILES string of the molecule is COCC(O)CCNCc1cnc(C2CCC2)s1. The van der Waals surface area contributed by atoms with Gasteiger partial charge < -0.3 is 15.2 Å². The van der Waals surface area contributed by atoms with E-state index in [1.54, 1.807) is 7.11 Å². The van der Waals surface area contributed by atoms with Crippen LogP contribution in [0.1, 0.15) is 41.5 Å². The van der Waals surface area contributed by atoms with Crippen LogP contribution in [0.5, 0.6) is 0 Å². The van der Waals surface area contributed by atoms with E-state index in [-0.39, 0.29) is 6.10 Å². The summed E-state index contributed by atoms with van der Waals surface area (Å²) in [6.07, 6.45) is 6.32. The second-order valence-electron chi connectivity index (χ2n) is 4.87. The number of ether oxygens (including phenoxy) is 1. The van der Waals surface area contributed by atoms with Crippen LogP contribution in [0, 0.1) is 0 Å². The Hall–Kier alpha value is -0.490. The lowest BCUT2D eigenvalue weighted by molar-refractivity contribution is 0.0594. The van der Waals surface area contributed by atoms with E-state index in [1.165, 1.54) is 29.1 Å². The first-order valence-electron chi connectivity index (χ1n) is 6.62. The van der Waals surface area contributed by atoms with Gasteiger partial charge in [-0.3, -0.25) is 0 Å². The Kier molecular flexibility index (Phi) is 5.56. The quantitative estimate of drug-likeness (QED) is 0.708. The highest BCUT2D eigenvalue weighted by atomic mass is 32.1. The summed E-state index contributed by atoms with van der Waals surface area (Å²) < 4.78 is 4.88. The van der Waals surface area contributed by atoms with Crippen LogP contribution in [-0.2, 0) is 11.3 Å². The molecule has 2 rings (SSSR count). The van der Waals surface area contributed by atoms with E-state index in [0.29, 0.717) is 6.61 Å². The van der Waals surface area contributed by atoms with Crippen molar-refractivity contribution >= 4 is 11.3 Å². The first kappa shape index (κ1) is 13.9. The van der Waals surface area contributed by atoms with Crippen LogP contribution in [0.4, 0.5) is 0 Å². The molecule has 0 amide bonds. The molecule has 1 heterocycles. The van der Waals surface area contributed by atoms with Gasteiger partial charge in [0.25, 0.3) is 0 Å². The zero-order valence-electron chi connectivity index (χ0n) is 10.9. The number of methoxy groups -OCH3 is 1. The Bertz CT molecular complexity index is 353. The number of thiazole rings is 1. The second-order valence-corrected chi connectivity index (χ2v) is 6.01. The van der Waals surface area contributed by atoms with Crippen molar-refractivity contribution < 1.29 is 9.84 Å². The van der Waals surface area contributed by atoms with Gasteiger partial charge in [0.2, 0.25) is 0 Å². The Balaban J connectivity index is 1.62. The lowest BCUT2D eigenvalue weighted by Gasteiger charge is -2.22. The summed E-state index contributed by atoms with van der Waals surface area (Å²) in [6.45, 7) is 2.07. The van der Waals surface area contributed by atoms with Gasteiger partial charge in [0.05, 0.1) is 17.7 Å². The molecular formula is C13H22N2O2S. The predicted octanol–water partition coefficient (Wildman–Crippen LogP) is 1.90. The smallest absolute Gasteiger partial charge is 0.0959 e. The topological polar surface area (TPSA) is 54.4 Å². The third-order valence-corrected chi connectivity index (χ3v) is 4.50. The first-order chi connectivity index (χ1) is 8.79. The van der Waals surface area contributed by atoms with Crippen LogP contribution in [0.25, 0.3) is 0 Å². The lowest BCUT2D eigenvalue weighted by atomic mass is 9.86. The van der Waals surface area contributed by atoms with E-state index in [9.17, 15) is 5.11 Å². The highest BCUT2D eigenvalue weighted by Crippen LogP contribution is 2.38. The number of hydrogen-bond donors (Lipinski definition) is 2. The zero-order chi connectivity index (χ0) is 12.8. The summed E-state index contributed by atoms with van der Waals surface area (Å²) in [6, 6.07) is 0. The molecule has 1 aliphatic rings. The summed E-state index contributed by atoms with van der Waals surface area (Å²) in [5.41, 5.74) is 0. The third-order valence-electron chi connectivity index (χ3n) is 3.34. The molecule has 1 saturated carbocycles. The van der Waals surface area contributed by atoms with Crippen molar-refractivity contribution in [2.45, 2.75) is 44.2 Å². The van der Waals surface area contributed by atoms with Gasteiger partial charge in [-0.15, -0.1) is 11.3 Å². The fourth-order valence-electron chi connectivity index (χ4n) is 2.00. The number of nitrogens with zero attached hydrogens (tertiary/aromatic N) is 1. The summed E-state index contributed by atoms with van der Waals surface area (Å²) in [4.78, 5) is 5.78. The standard InChI is InChI=1S/C13H22N2O2S/c1-17-9-11(16)5-6-14-7-12-8-15-13(18-12)10-3-2-4-10/h8,10-11,14,16H,2-7,9H2,1H3. The Morgan fingerprint density at radius 3 is 3.11 bits per heavy atom. The van der Waals surface area contributed by atoms with Gasteiger partial charge in [0, 0.05) is 30.6 Å². The molecule has 1 fully saturated rings. The number of hydrogen-bond acceptors (Lipinski definition) is 5. The first-order valence-corrected chi connectivity index (χ1v) is 7.43. The molecule has 0 aliphatic heterocycles. The fraction of sp³-hybridized carbons (Fsp3) is 0.769. The van der Waals surface area contributed by atoms with Crippen molar-refractivity contribution in [3.63, 3.8) is 0 Å². The molecule has 1 aliphatic carbocycles. The van der Waals surface area contributed by atoms with Crippen molar-refractivity contribution in [2.24, 2.45) is 0 Å². The summed E-state index contributed by atoms with van der Waals surface area (Å²) in [7, 11) is 1.61. The maximum absolute atomic E-state index is 9.49. The number of aromatic nitrogens is 1. The lowest BCUT2D eigenvalue weighted by Crippen LogP contribution is -2.22. The molecule has 0 bridgehead atoms. The van der Waals surface area contributed by atoms with Crippen LogP contribution in [-0.4, -0.2) is 36.5 Å². The average molecular weight is 270 g/mol. The molecule has 0 radical (unpaired) electrons. The van der Waals surface area contributed by atoms with Gasteiger partial charge in [0.15, 0.2) is 0 Å². The molecule has 2 N–H and O–H groups in total. The molecule has 1 aromatic rings. The summed E-state index contributed by atoms with van der Waals surface area (Å²) in [5, 5.41) is 14.1. The van der Waals surface area contributed by atoms with Crippen molar-refractivity contribution in [2.75, 3.05) is 20.3 Å². The van der Waals surface area contributed by atoms with Gasteiger partial charge >= 0.3 is 0 Å². The van der Waals surface area contributed by atoms with Crippen molar-refractivity contribution in [3.8, 4) is 0 Å². The molecule has 0 aromatic carbocycles. The molecule has 1 atom stereocenters. The Labute approximate surface area is 112 Å². The minimum absolute atomic E-state index is 0.366. The van der Waals surface area contributed by atoms with Crippen LogP contribution in [0.15, 0.2) is 6.20 Å². The number of aliphatic hydroxyl groups is 1. The zero-order valence-corrected chi connectivity index (χ0v) is 11.7. The molecule has 18 heavy (non-hydrogen) atoms. The van der Waals surface area contributed by atoms with Crippen molar-refractivity contribution in [3.05, 3.63) is 16.1 Å². The molecular weight excluding hydrogens is 248 g/mol. The van der Waals surface area contributed by atoms with E-state index >= 15 is 0 Å². The van der Waals surface area contributed by atoms with Crippen LogP contribution >= 0.6 is 11.3 Å². The Morgan fingerprint density at radius 2 is 2.44 bits per heavy atom. The van der Waals surface area contributed by atoms with E-state index in [2.05, 4.69) is 10.3 Å². The minimum Gasteiger partial charge on any atom is -0.391 e. The number of rotatable bonds is 8. The van der Waals surface area contributed by atoms with Gasteiger partial charge in [-0.25, -0.2) is 4.98 Å². The van der Waals surface area contributed by atoms with E-state index in [4.69, 9.17) is 4.74 Å². The molecule has 0 spiro atoms.